The van der Waals surface area contributed by atoms with Crippen LogP contribution >= 0.6 is 0 Å². The summed E-state index contributed by atoms with van der Waals surface area (Å²) in [5.74, 6) is -0.353. The normalized spacial score (nSPS) is 13.3. The van der Waals surface area contributed by atoms with Crippen LogP contribution in [0.25, 0.3) is 0 Å². The molecule has 0 heterocycles. The van der Waals surface area contributed by atoms with Crippen LogP contribution in [0.5, 0.6) is 0 Å². The van der Waals surface area contributed by atoms with Crippen molar-refractivity contribution in [3.8, 4) is 0 Å². The molecule has 0 aliphatic rings. The van der Waals surface area contributed by atoms with Crippen molar-refractivity contribution in [1.29, 1.82) is 0 Å². The van der Waals surface area contributed by atoms with Crippen molar-refractivity contribution in [3.05, 3.63) is 12.2 Å². The average Bonchev–Trinajstić information content (AvgIpc) is 2.09. The van der Waals surface area contributed by atoms with E-state index in [1.165, 1.54) is 0 Å². The number of thiol groups is 1. The zero-order chi connectivity index (χ0) is 13.0. The van der Waals surface area contributed by atoms with Crippen LogP contribution in [0, 0.1) is 0 Å². The molecule has 3 nitrogen and oxygen atoms in total. The molecule has 0 fully saturated rings. The Balaban J connectivity index is 3.97. The summed E-state index contributed by atoms with van der Waals surface area (Å²) < 4.78 is 16.7. The van der Waals surface area contributed by atoms with Gasteiger partial charge < -0.3 is 4.74 Å². The van der Waals surface area contributed by atoms with Crippen LogP contribution in [-0.2, 0) is 19.5 Å². The predicted molar refractivity (Wildman–Crippen MR) is 70.5 cm³/mol. The van der Waals surface area contributed by atoms with Crippen molar-refractivity contribution < 1.29 is 13.7 Å². The maximum atomic E-state index is 12.0. The molecule has 0 aliphatic carbocycles. The highest BCUT2D eigenvalue weighted by Gasteiger charge is 2.26. The zero-order valence-corrected chi connectivity index (χ0v) is 11.9. The van der Waals surface area contributed by atoms with E-state index in [2.05, 4.69) is 6.58 Å². The Morgan fingerprint density at radius 1 is 1.38 bits per heavy atom. The van der Waals surface area contributed by atoms with Gasteiger partial charge in [0, 0.05) is 10.3 Å². The highest BCUT2D eigenvalue weighted by Crippen LogP contribution is 2.25. The van der Waals surface area contributed by atoms with Crippen molar-refractivity contribution in [2.75, 3.05) is 19.1 Å². The van der Waals surface area contributed by atoms with Gasteiger partial charge >= 0.3 is 5.97 Å². The minimum absolute atomic E-state index is 0.192. The fraction of sp³-hybridized carbons (Fsp3) is 0.750. The number of carbonyl (C=O) groups is 1. The second kappa shape index (κ2) is 5.62. The molecule has 0 rings (SSSR count). The van der Waals surface area contributed by atoms with Crippen molar-refractivity contribution in [2.24, 2.45) is 0 Å². The van der Waals surface area contributed by atoms with Gasteiger partial charge in [-0.25, -0.2) is 4.79 Å². The molecule has 0 unspecified atom stereocenters. The van der Waals surface area contributed by atoms with Crippen LogP contribution in [0.15, 0.2) is 12.2 Å². The first-order chi connectivity index (χ1) is 7.08. The number of hydrogen-bond acceptors (Lipinski definition) is 3. The first-order valence-corrected chi connectivity index (χ1v) is 8.06. The van der Waals surface area contributed by atoms with E-state index >= 15 is 0 Å². The lowest BCUT2D eigenvalue weighted by atomic mass is 10.1. The largest absolute Gasteiger partial charge is 0.462 e. The van der Waals surface area contributed by atoms with Crippen molar-refractivity contribution in [3.63, 3.8) is 0 Å². The summed E-state index contributed by atoms with van der Waals surface area (Å²) in [6.45, 7) is 9.49. The van der Waals surface area contributed by atoms with E-state index in [0.717, 1.165) is 12.8 Å². The monoisotopic (exact) mass is 248 g/mol. The maximum Gasteiger partial charge on any atom is 0.333 e. The minimum atomic E-state index is -2.11. The maximum absolute atomic E-state index is 12.0. The molecule has 16 heavy (non-hydrogen) atoms. The molecule has 0 spiro atoms. The lowest BCUT2D eigenvalue weighted by molar-refractivity contribution is -0.139. The SMILES string of the molecule is C=C(C)C(=O)OCCCC(C)(C)[SH](C)(C)=O. The lowest BCUT2D eigenvalue weighted by Crippen LogP contribution is -2.36. The molecule has 4 heteroatoms. The third-order valence-electron chi connectivity index (χ3n) is 2.97. The lowest BCUT2D eigenvalue weighted by Gasteiger charge is -2.33. The smallest absolute Gasteiger partial charge is 0.333 e. The summed E-state index contributed by atoms with van der Waals surface area (Å²) in [6, 6.07) is 0. The van der Waals surface area contributed by atoms with Crippen LogP contribution in [-0.4, -0.2) is 34.0 Å². The van der Waals surface area contributed by atoms with Crippen LogP contribution in [0.2, 0.25) is 0 Å². The van der Waals surface area contributed by atoms with E-state index in [1.807, 2.05) is 13.8 Å². The van der Waals surface area contributed by atoms with E-state index in [9.17, 15) is 9.00 Å². The van der Waals surface area contributed by atoms with Crippen LogP contribution in [0.4, 0.5) is 0 Å². The molecular weight excluding hydrogens is 224 g/mol. The van der Waals surface area contributed by atoms with Gasteiger partial charge in [0.25, 0.3) is 0 Å². The molecule has 0 aromatic heterocycles. The Hall–Kier alpha value is -0.640. The minimum Gasteiger partial charge on any atom is -0.462 e. The molecule has 0 aromatic carbocycles. The molecule has 0 atom stereocenters. The summed E-state index contributed by atoms with van der Waals surface area (Å²) >= 11 is 0. The van der Waals surface area contributed by atoms with Crippen molar-refractivity contribution in [1.82, 2.24) is 0 Å². The van der Waals surface area contributed by atoms with Crippen molar-refractivity contribution in [2.45, 2.75) is 38.4 Å². The second-order valence-electron chi connectivity index (χ2n) is 5.18. The molecular formula is C12H24O3S. The van der Waals surface area contributed by atoms with Gasteiger partial charge in [0.2, 0.25) is 0 Å². The van der Waals surface area contributed by atoms with E-state index in [-0.39, 0.29) is 10.7 Å². The molecule has 0 N–H and O–H groups in total. The van der Waals surface area contributed by atoms with Gasteiger partial charge in [0.15, 0.2) is 0 Å². The van der Waals surface area contributed by atoms with Gasteiger partial charge in [-0.05, 0) is 32.3 Å². The molecule has 0 radical (unpaired) electrons. The van der Waals surface area contributed by atoms with Gasteiger partial charge in [-0.2, -0.15) is 0 Å². The Morgan fingerprint density at radius 2 is 1.88 bits per heavy atom. The standard InChI is InChI=1S/C12H24O3S/c1-10(2)11(13)15-9-7-8-12(3,4)16(5,6)14/h16H,1,7-9H2,2-6H3. The number of ether oxygens (including phenoxy) is 1. The molecule has 0 saturated carbocycles. The fourth-order valence-electron chi connectivity index (χ4n) is 1.06. The topological polar surface area (TPSA) is 43.4 Å². The Kier molecular flexibility index (Phi) is 5.39. The highest BCUT2D eigenvalue weighted by molar-refractivity contribution is 8.02. The highest BCUT2D eigenvalue weighted by atomic mass is 32.2. The van der Waals surface area contributed by atoms with E-state index in [0.29, 0.717) is 12.2 Å². The average molecular weight is 248 g/mol. The van der Waals surface area contributed by atoms with Gasteiger partial charge in [-0.15, -0.1) is 9.93 Å². The summed E-state index contributed by atoms with van der Waals surface area (Å²) in [5.41, 5.74) is 0.413. The fourth-order valence-corrected chi connectivity index (χ4v) is 1.76. The van der Waals surface area contributed by atoms with Gasteiger partial charge in [-0.1, -0.05) is 20.4 Å². The molecule has 0 amide bonds. The van der Waals surface area contributed by atoms with Gasteiger partial charge in [0.05, 0.1) is 6.61 Å². The van der Waals surface area contributed by atoms with Gasteiger partial charge in [0.1, 0.15) is 0 Å². The molecule has 0 bridgehead atoms. The Bertz CT molecular complexity index is 312. The summed E-state index contributed by atoms with van der Waals surface area (Å²) in [5, 5.41) is 0. The van der Waals surface area contributed by atoms with Crippen LogP contribution in [0.3, 0.4) is 0 Å². The third-order valence-corrected chi connectivity index (χ3v) is 6.11. The molecule has 0 aliphatic heterocycles. The Morgan fingerprint density at radius 3 is 2.25 bits per heavy atom. The molecule has 0 aromatic rings. The predicted octanol–water partition coefficient (Wildman–Crippen LogP) is 1.94. The summed E-state index contributed by atoms with van der Waals surface area (Å²) in [6.07, 6.45) is 5.12. The van der Waals surface area contributed by atoms with E-state index < -0.39 is 9.93 Å². The van der Waals surface area contributed by atoms with Crippen molar-refractivity contribution >= 4 is 15.9 Å². The molecule has 96 valence electrons. The summed E-state index contributed by atoms with van der Waals surface area (Å²) in [7, 11) is -2.11. The first-order valence-electron chi connectivity index (χ1n) is 5.45. The van der Waals surface area contributed by atoms with Crippen LogP contribution in [0.1, 0.15) is 33.6 Å². The number of esters is 1. The quantitative estimate of drug-likeness (QED) is 0.338. The number of rotatable bonds is 6. The Labute approximate surface area is 99.7 Å². The number of hydrogen-bond donors (Lipinski definition) is 1. The van der Waals surface area contributed by atoms with Crippen LogP contribution < -0.4 is 0 Å². The second-order valence-corrected chi connectivity index (χ2v) is 9.10. The molecule has 0 saturated heterocycles. The van der Waals surface area contributed by atoms with E-state index in [4.69, 9.17) is 4.74 Å². The number of carbonyl (C=O) groups excluding carboxylic acids is 1. The third kappa shape index (κ3) is 4.92. The van der Waals surface area contributed by atoms with E-state index in [1.54, 1.807) is 19.4 Å². The van der Waals surface area contributed by atoms with Gasteiger partial charge in [-0.3, -0.25) is 4.21 Å². The zero-order valence-electron chi connectivity index (χ0n) is 11.0. The first kappa shape index (κ1) is 15.4. The summed E-state index contributed by atoms with van der Waals surface area (Å²) in [4.78, 5) is 11.1.